The molecule has 1 heterocycles. The zero-order valence-corrected chi connectivity index (χ0v) is 19.0. The van der Waals surface area contributed by atoms with Crippen molar-refractivity contribution in [2.75, 3.05) is 10.6 Å². The number of amides is 3. The predicted octanol–water partition coefficient (Wildman–Crippen LogP) is 5.34. The highest BCUT2D eigenvalue weighted by molar-refractivity contribution is 6.02. The number of carboxylic acids is 1. The van der Waals surface area contributed by atoms with Crippen molar-refractivity contribution in [3.05, 3.63) is 83.4 Å². The van der Waals surface area contributed by atoms with Gasteiger partial charge >= 0.3 is 12.0 Å². The first-order valence-electron chi connectivity index (χ1n) is 10.9. The van der Waals surface area contributed by atoms with Crippen LogP contribution in [0, 0.1) is 17.6 Å². The van der Waals surface area contributed by atoms with Crippen molar-refractivity contribution in [1.29, 1.82) is 0 Å². The van der Waals surface area contributed by atoms with E-state index in [-0.39, 0.29) is 24.1 Å². The van der Waals surface area contributed by atoms with Crippen molar-refractivity contribution in [3.63, 3.8) is 0 Å². The van der Waals surface area contributed by atoms with E-state index in [1.165, 1.54) is 4.90 Å². The highest BCUT2D eigenvalue weighted by Crippen LogP contribution is 2.31. The molecule has 7 nitrogen and oxygen atoms in total. The van der Waals surface area contributed by atoms with Gasteiger partial charge in [0.15, 0.2) is 0 Å². The van der Waals surface area contributed by atoms with Gasteiger partial charge < -0.3 is 20.6 Å². The number of urea groups is 1. The molecule has 0 aromatic heterocycles. The van der Waals surface area contributed by atoms with Gasteiger partial charge in [-0.1, -0.05) is 38.1 Å². The SMILES string of the molecule is CC(C)[C@@H](C(=O)O)N1Cc2ccc(-c3ccc(NC(=O)Nc4ccc(F)cc4F)cc3)cc2C1=O. The van der Waals surface area contributed by atoms with E-state index in [9.17, 15) is 28.3 Å². The number of rotatable bonds is 6. The quantitative estimate of drug-likeness (QED) is 0.444. The minimum absolute atomic E-state index is 0.153. The van der Waals surface area contributed by atoms with Gasteiger partial charge in [0, 0.05) is 23.9 Å². The summed E-state index contributed by atoms with van der Waals surface area (Å²) >= 11 is 0. The van der Waals surface area contributed by atoms with Crippen LogP contribution in [-0.4, -0.2) is 34.0 Å². The summed E-state index contributed by atoms with van der Waals surface area (Å²) in [5.74, 6) is -3.21. The molecular formula is C26H23F2N3O4. The van der Waals surface area contributed by atoms with Crippen LogP contribution in [0.3, 0.4) is 0 Å². The Morgan fingerprint density at radius 2 is 1.63 bits per heavy atom. The van der Waals surface area contributed by atoms with Crippen LogP contribution in [-0.2, 0) is 11.3 Å². The van der Waals surface area contributed by atoms with Gasteiger partial charge in [-0.3, -0.25) is 4.79 Å². The summed E-state index contributed by atoms with van der Waals surface area (Å²) in [6.45, 7) is 3.79. The summed E-state index contributed by atoms with van der Waals surface area (Å²) < 4.78 is 26.7. The first kappa shape index (κ1) is 23.9. The zero-order valence-electron chi connectivity index (χ0n) is 19.0. The Labute approximate surface area is 200 Å². The normalized spacial score (nSPS) is 13.5. The Balaban J connectivity index is 1.47. The Hall–Kier alpha value is -4.27. The van der Waals surface area contributed by atoms with E-state index in [1.807, 2.05) is 12.1 Å². The Kier molecular flexibility index (Phi) is 6.50. The van der Waals surface area contributed by atoms with Gasteiger partial charge in [-0.15, -0.1) is 0 Å². The van der Waals surface area contributed by atoms with Crippen LogP contribution in [0.2, 0.25) is 0 Å². The molecule has 0 fully saturated rings. The summed E-state index contributed by atoms with van der Waals surface area (Å²) in [5.41, 5.74) is 3.08. The monoisotopic (exact) mass is 479 g/mol. The van der Waals surface area contributed by atoms with Gasteiger partial charge in [-0.2, -0.15) is 0 Å². The fraction of sp³-hybridized carbons (Fsp3) is 0.192. The van der Waals surface area contributed by atoms with Crippen LogP contribution in [0.15, 0.2) is 60.7 Å². The van der Waals surface area contributed by atoms with E-state index < -0.39 is 29.7 Å². The van der Waals surface area contributed by atoms with Gasteiger partial charge in [0.25, 0.3) is 5.91 Å². The lowest BCUT2D eigenvalue weighted by molar-refractivity contribution is -0.144. The number of nitrogens with one attached hydrogen (secondary N) is 2. The van der Waals surface area contributed by atoms with E-state index in [0.29, 0.717) is 17.3 Å². The molecule has 0 unspecified atom stereocenters. The maximum atomic E-state index is 13.7. The highest BCUT2D eigenvalue weighted by atomic mass is 19.1. The second kappa shape index (κ2) is 9.54. The summed E-state index contributed by atoms with van der Waals surface area (Å²) in [4.78, 5) is 38.2. The summed E-state index contributed by atoms with van der Waals surface area (Å²) in [6, 6.07) is 13.5. The molecule has 180 valence electrons. The molecule has 3 amide bonds. The molecule has 0 bridgehead atoms. The fourth-order valence-corrected chi connectivity index (χ4v) is 4.13. The topological polar surface area (TPSA) is 98.7 Å². The largest absolute Gasteiger partial charge is 0.480 e. The van der Waals surface area contributed by atoms with E-state index in [1.54, 1.807) is 44.2 Å². The number of nitrogens with zero attached hydrogens (tertiary/aromatic N) is 1. The van der Waals surface area contributed by atoms with Gasteiger partial charge in [0.1, 0.15) is 17.7 Å². The zero-order chi connectivity index (χ0) is 25.3. The third kappa shape index (κ3) is 4.98. The first-order valence-corrected chi connectivity index (χ1v) is 10.9. The number of fused-ring (bicyclic) bond motifs is 1. The van der Waals surface area contributed by atoms with E-state index in [2.05, 4.69) is 10.6 Å². The molecule has 3 aromatic rings. The second-order valence-electron chi connectivity index (χ2n) is 8.61. The second-order valence-corrected chi connectivity index (χ2v) is 8.61. The molecule has 0 radical (unpaired) electrons. The minimum atomic E-state index is -1.03. The van der Waals surface area contributed by atoms with Crippen molar-refractivity contribution in [2.45, 2.75) is 26.4 Å². The summed E-state index contributed by atoms with van der Waals surface area (Å²) in [7, 11) is 0. The number of halogens is 2. The smallest absolute Gasteiger partial charge is 0.326 e. The lowest BCUT2D eigenvalue weighted by Crippen LogP contribution is -2.44. The Morgan fingerprint density at radius 1 is 0.943 bits per heavy atom. The van der Waals surface area contributed by atoms with Crippen molar-refractivity contribution < 1.29 is 28.3 Å². The molecule has 4 rings (SSSR count). The molecule has 0 saturated heterocycles. The van der Waals surface area contributed by atoms with Gasteiger partial charge in [0.2, 0.25) is 0 Å². The van der Waals surface area contributed by atoms with E-state index >= 15 is 0 Å². The standard InChI is InChI=1S/C26H23F2N3O4/c1-14(2)23(25(33)34)31-13-17-4-3-16(11-20(17)24(31)32)15-5-8-19(9-6-15)29-26(35)30-22-10-7-18(27)12-21(22)28/h3-12,14,23H,13H2,1-2H3,(H,33,34)(H2,29,30,35)/t23-/m0/s1. The lowest BCUT2D eigenvalue weighted by atomic mass is 10.00. The van der Waals surface area contributed by atoms with E-state index in [4.69, 9.17) is 0 Å². The number of hydrogen-bond donors (Lipinski definition) is 3. The summed E-state index contributed by atoms with van der Waals surface area (Å²) in [6.07, 6.45) is 0. The van der Waals surface area contributed by atoms with Crippen LogP contribution in [0.4, 0.5) is 25.0 Å². The molecule has 3 aromatic carbocycles. The van der Waals surface area contributed by atoms with Gasteiger partial charge in [-0.05, 0) is 52.9 Å². The summed E-state index contributed by atoms with van der Waals surface area (Å²) in [5, 5.41) is 14.5. The maximum absolute atomic E-state index is 13.7. The number of anilines is 2. The fourth-order valence-electron chi connectivity index (χ4n) is 4.13. The van der Waals surface area contributed by atoms with Crippen LogP contribution in [0.25, 0.3) is 11.1 Å². The van der Waals surface area contributed by atoms with Crippen molar-refractivity contribution >= 4 is 29.3 Å². The molecule has 1 atom stereocenters. The van der Waals surface area contributed by atoms with Crippen LogP contribution in [0.1, 0.15) is 29.8 Å². The molecule has 0 saturated carbocycles. The molecule has 35 heavy (non-hydrogen) atoms. The van der Waals surface area contributed by atoms with Crippen molar-refractivity contribution in [1.82, 2.24) is 4.90 Å². The highest BCUT2D eigenvalue weighted by Gasteiger charge is 2.38. The van der Waals surface area contributed by atoms with Crippen molar-refractivity contribution in [2.24, 2.45) is 5.92 Å². The lowest BCUT2D eigenvalue weighted by Gasteiger charge is -2.27. The minimum Gasteiger partial charge on any atom is -0.480 e. The molecule has 9 heteroatoms. The Bertz CT molecular complexity index is 1310. The van der Waals surface area contributed by atoms with Crippen LogP contribution < -0.4 is 10.6 Å². The molecule has 1 aliphatic rings. The number of carboxylic acid groups (broad SMARTS) is 1. The van der Waals surface area contributed by atoms with E-state index in [0.717, 1.165) is 28.8 Å². The number of hydrogen-bond acceptors (Lipinski definition) is 3. The van der Waals surface area contributed by atoms with Crippen molar-refractivity contribution in [3.8, 4) is 11.1 Å². The average molecular weight is 479 g/mol. The molecule has 0 spiro atoms. The third-order valence-corrected chi connectivity index (χ3v) is 5.82. The first-order chi connectivity index (χ1) is 16.6. The number of carbonyl (C=O) groups excluding carboxylic acids is 2. The number of aliphatic carboxylic acids is 1. The Morgan fingerprint density at radius 3 is 2.26 bits per heavy atom. The average Bonchev–Trinajstić information content (AvgIpc) is 3.11. The van der Waals surface area contributed by atoms with Crippen LogP contribution >= 0.6 is 0 Å². The molecule has 1 aliphatic heterocycles. The third-order valence-electron chi connectivity index (χ3n) is 5.82. The number of carbonyl (C=O) groups is 3. The molecule has 0 aliphatic carbocycles. The predicted molar refractivity (Wildman–Crippen MR) is 127 cm³/mol. The molecular weight excluding hydrogens is 456 g/mol. The van der Waals surface area contributed by atoms with Gasteiger partial charge in [-0.25, -0.2) is 18.4 Å². The molecule has 3 N–H and O–H groups in total. The maximum Gasteiger partial charge on any atom is 0.326 e. The van der Waals surface area contributed by atoms with Crippen LogP contribution in [0.5, 0.6) is 0 Å². The number of benzene rings is 3. The van der Waals surface area contributed by atoms with Gasteiger partial charge in [0.05, 0.1) is 5.69 Å².